The number of aryl methyl sites for hydroxylation is 12. The molecular formula is C82H79N9O7. The van der Waals surface area contributed by atoms with Crippen LogP contribution in [0, 0.1) is 48.5 Å². The molecule has 0 aliphatic rings. The monoisotopic (exact) mass is 1300 g/mol. The average Bonchev–Trinajstić information content (AvgIpc) is 1.68. The zero-order valence-corrected chi connectivity index (χ0v) is 55.5. The van der Waals surface area contributed by atoms with Gasteiger partial charge in [-0.2, -0.15) is 4.98 Å². The fourth-order valence-corrected chi connectivity index (χ4v) is 12.9. The number of rotatable bonds is 0. The number of para-hydroxylation sites is 7. The number of aromatic nitrogens is 9. The van der Waals surface area contributed by atoms with Crippen LogP contribution in [-0.2, 0) is 35.2 Å². The molecule has 0 fully saturated rings. The Hall–Kier alpha value is -12.0. The first-order chi connectivity index (χ1) is 46.6. The summed E-state index contributed by atoms with van der Waals surface area (Å²) in [5.41, 5.74) is 22.1. The first-order valence-electron chi connectivity index (χ1n) is 31.9. The Bertz CT molecular complexity index is 6010. The number of aromatic amines is 2. The second kappa shape index (κ2) is 25.9. The van der Waals surface area contributed by atoms with Crippen molar-refractivity contribution in [2.75, 3.05) is 0 Å². The van der Waals surface area contributed by atoms with Gasteiger partial charge in [-0.1, -0.05) is 124 Å². The van der Waals surface area contributed by atoms with E-state index in [1.165, 1.54) is 76.8 Å². The molecule has 494 valence electrons. The molecule has 14 heterocycles. The van der Waals surface area contributed by atoms with Crippen molar-refractivity contribution in [1.29, 1.82) is 0 Å². The van der Waals surface area contributed by atoms with E-state index >= 15 is 0 Å². The molecule has 0 aliphatic carbocycles. The molecule has 16 nitrogen and oxygen atoms in total. The molecule has 0 radical (unpaired) electrons. The molecule has 0 spiro atoms. The summed E-state index contributed by atoms with van der Waals surface area (Å²) < 4.78 is 50.2. The Morgan fingerprint density at radius 3 is 1.47 bits per heavy atom. The molecule has 0 atom stereocenters. The van der Waals surface area contributed by atoms with Gasteiger partial charge in [-0.25, -0.2) is 4.98 Å². The molecule has 0 amide bonds. The van der Waals surface area contributed by atoms with Gasteiger partial charge in [-0.15, -0.1) is 0 Å². The molecule has 98 heavy (non-hydrogen) atoms. The van der Waals surface area contributed by atoms with Crippen molar-refractivity contribution in [3.8, 4) is 0 Å². The Morgan fingerprint density at radius 1 is 0.357 bits per heavy atom. The Morgan fingerprint density at radius 2 is 0.827 bits per heavy atom. The highest BCUT2D eigenvalue weighted by Crippen LogP contribution is 2.36. The number of fused-ring (bicyclic) bond motifs is 21. The Kier molecular flexibility index (Phi) is 17.1. The summed E-state index contributed by atoms with van der Waals surface area (Å²) in [6, 6.07) is 62.9. The normalized spacial score (nSPS) is 11.3. The lowest BCUT2D eigenvalue weighted by molar-refractivity contribution is 0.625. The smallest absolute Gasteiger partial charge is 0.245 e. The summed E-state index contributed by atoms with van der Waals surface area (Å²) in [4.78, 5) is 15.2. The topological polar surface area (TPSA) is 174 Å². The van der Waals surface area contributed by atoms with E-state index in [-0.39, 0.29) is 14.9 Å². The summed E-state index contributed by atoms with van der Waals surface area (Å²) in [5.74, 6) is 1.95. The van der Waals surface area contributed by atoms with Crippen LogP contribution in [0.4, 0.5) is 0 Å². The summed E-state index contributed by atoms with van der Waals surface area (Å²) >= 11 is 0. The average molecular weight is 1300 g/mol. The zero-order valence-electron chi connectivity index (χ0n) is 55.5. The highest BCUT2D eigenvalue weighted by molar-refractivity contribution is 6.09. The fraction of sp³-hybridized carbons (Fsp3) is 0.171. The van der Waals surface area contributed by atoms with Crippen molar-refractivity contribution in [1.82, 2.24) is 42.8 Å². The molecule has 21 rings (SSSR count). The number of H-pyrrole nitrogens is 2. The molecular weight excluding hydrogens is 1220 g/mol. The molecule has 2 N–H and O–H groups in total. The maximum atomic E-state index is 5.78. The summed E-state index contributed by atoms with van der Waals surface area (Å²) in [5, 5.41) is 13.0. The summed E-state index contributed by atoms with van der Waals surface area (Å²) in [6.07, 6.45) is 4.03. The second-order valence-corrected chi connectivity index (χ2v) is 24.5. The standard InChI is InChI=1S/3C12H11NO.2C11H10N2O.2C11H9NO.2CH4/c1-8-12-10(7-13(8)2)9-5-3-4-6-11(9)14-12;1-8-7-10-9-5-3-4-6-11(9)14-12(10)13(8)2;1-8-7-11-12(13(8)2)9-5-3-4-6-10(9)14-11;1-7-12-11-10(13(7)2)8-5-3-4-6-9(8)14-11;1-7-12-10-8-5-3-4-6-9(8)14-11(10)13(7)2;1-7-11-8-4-2-3-5-9(8)13-10(11)6-12-7;1-7-6-9-8-4-2-3-5-10(8)13-11(9)12-7;;/h3*3-7H,1-2H3;2*3-6H,1-2H3;2*2-6,12H,1H3;2*1H4. The van der Waals surface area contributed by atoms with E-state index in [4.69, 9.17) is 30.9 Å². The Balaban J connectivity index is 0.000000103. The van der Waals surface area contributed by atoms with E-state index in [2.05, 4.69) is 134 Å². The van der Waals surface area contributed by atoms with Gasteiger partial charge in [0, 0.05) is 136 Å². The van der Waals surface area contributed by atoms with Crippen LogP contribution in [0.1, 0.15) is 55.0 Å². The zero-order chi connectivity index (χ0) is 66.2. The quantitative estimate of drug-likeness (QED) is 0.150. The van der Waals surface area contributed by atoms with Crippen LogP contribution in [0.5, 0.6) is 0 Å². The fourth-order valence-electron chi connectivity index (χ4n) is 12.9. The minimum Gasteiger partial charge on any atom is -0.454 e. The minimum absolute atomic E-state index is 0. The molecule has 16 heteroatoms. The van der Waals surface area contributed by atoms with Crippen LogP contribution in [0.3, 0.4) is 0 Å². The van der Waals surface area contributed by atoms with Crippen LogP contribution < -0.4 is 0 Å². The van der Waals surface area contributed by atoms with Crippen LogP contribution in [0.15, 0.2) is 231 Å². The number of imidazole rings is 2. The SMILES string of the molecule is C.C.Cc1[nH]cc2oc3ccccc3c12.Cc1c2oc3ccccc3c2cn1C.Cc1cc2c([nH]1)oc1ccccc12.Cc1cc2c3ccccc3oc2n1C.Cc1cc2oc3ccccc3c2n1C.Cc1nc2c3ccccc3oc2n1C.Cc1nc2oc3ccccc3c2n1C. The van der Waals surface area contributed by atoms with Crippen molar-refractivity contribution in [3.05, 3.63) is 241 Å². The van der Waals surface area contributed by atoms with Gasteiger partial charge in [-0.3, -0.25) is 0 Å². The second-order valence-electron chi connectivity index (χ2n) is 24.5. The predicted molar refractivity (Wildman–Crippen MR) is 402 cm³/mol. The first kappa shape index (κ1) is 64.7. The van der Waals surface area contributed by atoms with Crippen molar-refractivity contribution in [3.63, 3.8) is 0 Å². The number of furan rings is 7. The minimum atomic E-state index is 0. The molecule has 21 aromatic rings. The lowest BCUT2D eigenvalue weighted by atomic mass is 10.2. The van der Waals surface area contributed by atoms with Gasteiger partial charge < -0.3 is 63.7 Å². The highest BCUT2D eigenvalue weighted by Gasteiger charge is 2.17. The van der Waals surface area contributed by atoms with Crippen LogP contribution in [-0.4, -0.2) is 42.8 Å². The van der Waals surface area contributed by atoms with E-state index in [9.17, 15) is 0 Å². The van der Waals surface area contributed by atoms with Gasteiger partial charge in [0.15, 0.2) is 16.7 Å². The molecule has 7 aromatic carbocycles. The molecule has 14 aromatic heterocycles. The Labute approximate surface area is 564 Å². The first-order valence-corrected chi connectivity index (χ1v) is 31.9. The summed E-state index contributed by atoms with van der Waals surface area (Å²) in [6.45, 7) is 14.3. The van der Waals surface area contributed by atoms with Gasteiger partial charge >= 0.3 is 0 Å². The van der Waals surface area contributed by atoms with Gasteiger partial charge in [0.05, 0.1) is 11.2 Å². The number of nitrogens with one attached hydrogen (secondary N) is 2. The molecule has 0 saturated carbocycles. The molecule has 0 saturated heterocycles. The third kappa shape index (κ3) is 11.3. The number of hydrogen-bond acceptors (Lipinski definition) is 9. The maximum Gasteiger partial charge on any atom is 0.245 e. The highest BCUT2D eigenvalue weighted by atomic mass is 16.4. The lowest BCUT2D eigenvalue weighted by Gasteiger charge is -1.96. The van der Waals surface area contributed by atoms with Crippen LogP contribution >= 0.6 is 0 Å². The molecule has 0 aliphatic heterocycles. The van der Waals surface area contributed by atoms with Gasteiger partial charge in [0.25, 0.3) is 0 Å². The molecule has 0 unspecified atom stereocenters. The van der Waals surface area contributed by atoms with Gasteiger partial charge in [-0.05, 0) is 121 Å². The lowest BCUT2D eigenvalue weighted by Crippen LogP contribution is -1.90. The largest absolute Gasteiger partial charge is 0.454 e. The van der Waals surface area contributed by atoms with E-state index < -0.39 is 0 Å². The summed E-state index contributed by atoms with van der Waals surface area (Å²) in [7, 11) is 10.1. The van der Waals surface area contributed by atoms with Crippen LogP contribution in [0.25, 0.3) is 154 Å². The maximum absolute atomic E-state index is 5.78. The number of hydrogen-bond donors (Lipinski definition) is 2. The van der Waals surface area contributed by atoms with Crippen molar-refractivity contribution < 1.29 is 30.9 Å². The number of benzene rings is 7. The third-order valence-corrected chi connectivity index (χ3v) is 18.4. The van der Waals surface area contributed by atoms with E-state index in [0.29, 0.717) is 0 Å². The third-order valence-electron chi connectivity index (χ3n) is 18.4. The van der Waals surface area contributed by atoms with Crippen molar-refractivity contribution >= 4 is 154 Å². The van der Waals surface area contributed by atoms with E-state index in [1.54, 1.807) is 0 Å². The van der Waals surface area contributed by atoms with Gasteiger partial charge in [0.1, 0.15) is 61.8 Å². The van der Waals surface area contributed by atoms with E-state index in [1.807, 2.05) is 193 Å². The predicted octanol–water partition coefficient (Wildman–Crippen LogP) is 22.7. The van der Waals surface area contributed by atoms with Crippen LogP contribution in [0.2, 0.25) is 0 Å². The van der Waals surface area contributed by atoms with Crippen molar-refractivity contribution in [2.24, 2.45) is 35.2 Å². The molecule has 0 bridgehead atoms. The van der Waals surface area contributed by atoms with E-state index in [0.717, 1.165) is 118 Å². The number of nitrogens with zero attached hydrogens (tertiary/aromatic N) is 7. The van der Waals surface area contributed by atoms with Crippen molar-refractivity contribution in [2.45, 2.75) is 63.3 Å². The van der Waals surface area contributed by atoms with Gasteiger partial charge in [0.2, 0.25) is 22.9 Å².